The van der Waals surface area contributed by atoms with E-state index >= 15 is 0 Å². The molecule has 2 aromatic heterocycles. The Morgan fingerprint density at radius 3 is 3.00 bits per heavy atom. The predicted octanol–water partition coefficient (Wildman–Crippen LogP) is 1.01. The summed E-state index contributed by atoms with van der Waals surface area (Å²) in [6.45, 7) is 2.19. The fraction of sp³-hybridized carbons (Fsp3) is 0.400. The van der Waals surface area contributed by atoms with Crippen LogP contribution in [0, 0.1) is 17.0 Å². The summed E-state index contributed by atoms with van der Waals surface area (Å²) in [7, 11) is 1.68. The van der Waals surface area contributed by atoms with E-state index in [1.54, 1.807) is 26.5 Å². The van der Waals surface area contributed by atoms with Gasteiger partial charge in [0, 0.05) is 31.9 Å². The number of imidazole rings is 1. The maximum atomic E-state index is 10.9. The average Bonchev–Trinajstić information content (AvgIpc) is 2.87. The van der Waals surface area contributed by atoms with Crippen LogP contribution in [0.25, 0.3) is 0 Å². The molecule has 0 aliphatic heterocycles. The van der Waals surface area contributed by atoms with E-state index in [0.29, 0.717) is 24.5 Å². The minimum atomic E-state index is -0.416. The first-order valence-electron chi connectivity index (χ1n) is 5.48. The fourth-order valence-electron chi connectivity index (χ4n) is 1.80. The van der Waals surface area contributed by atoms with Crippen molar-refractivity contribution in [1.82, 2.24) is 19.7 Å². The zero-order valence-electron chi connectivity index (χ0n) is 10.2. The van der Waals surface area contributed by atoms with Gasteiger partial charge in [-0.05, 0) is 6.92 Å². The summed E-state index contributed by atoms with van der Waals surface area (Å²) >= 11 is 0. The second-order valence-electron chi connectivity index (χ2n) is 3.92. The van der Waals surface area contributed by atoms with Gasteiger partial charge in [-0.25, -0.2) is 9.67 Å². The van der Waals surface area contributed by atoms with Gasteiger partial charge in [0.2, 0.25) is 5.82 Å². The molecule has 0 atom stereocenters. The Morgan fingerprint density at radius 1 is 1.61 bits per heavy atom. The number of aromatic nitrogens is 4. The lowest BCUT2D eigenvalue weighted by atomic mass is 10.3. The van der Waals surface area contributed by atoms with Crippen molar-refractivity contribution in [3.8, 4) is 0 Å². The summed E-state index contributed by atoms with van der Waals surface area (Å²) in [5.41, 5.74) is 1.41. The number of rotatable bonds is 5. The van der Waals surface area contributed by atoms with Crippen molar-refractivity contribution in [2.24, 2.45) is 7.05 Å². The van der Waals surface area contributed by atoms with E-state index in [0.717, 1.165) is 5.69 Å². The lowest BCUT2D eigenvalue weighted by molar-refractivity contribution is -0.384. The first-order chi connectivity index (χ1) is 8.59. The molecule has 0 aliphatic carbocycles. The summed E-state index contributed by atoms with van der Waals surface area (Å²) in [6, 6.07) is 0. The van der Waals surface area contributed by atoms with Crippen LogP contribution in [-0.4, -0.2) is 31.2 Å². The topological polar surface area (TPSA) is 102 Å². The Bertz CT molecular complexity index is 545. The van der Waals surface area contributed by atoms with Crippen molar-refractivity contribution in [3.05, 3.63) is 34.0 Å². The van der Waals surface area contributed by atoms with Gasteiger partial charge in [-0.2, -0.15) is 5.10 Å². The molecular formula is C10H14N6O2. The Balaban J connectivity index is 2.07. The van der Waals surface area contributed by atoms with Crippen LogP contribution in [0.5, 0.6) is 0 Å². The quantitative estimate of drug-likeness (QED) is 0.609. The molecule has 0 radical (unpaired) electrons. The summed E-state index contributed by atoms with van der Waals surface area (Å²) in [6.07, 6.45) is 4.04. The van der Waals surface area contributed by atoms with Crippen molar-refractivity contribution in [2.75, 3.05) is 11.9 Å². The van der Waals surface area contributed by atoms with Gasteiger partial charge in [0.25, 0.3) is 0 Å². The number of nitro groups is 1. The lowest BCUT2D eigenvalue weighted by Gasteiger charge is -2.04. The summed E-state index contributed by atoms with van der Waals surface area (Å²) in [5.74, 6) is 0.428. The smallest absolute Gasteiger partial charge is 0.333 e. The Kier molecular flexibility index (Phi) is 3.26. The molecule has 0 bridgehead atoms. The van der Waals surface area contributed by atoms with Crippen molar-refractivity contribution in [2.45, 2.75) is 13.3 Å². The maximum absolute atomic E-state index is 10.9. The van der Waals surface area contributed by atoms with Gasteiger partial charge in [-0.3, -0.25) is 10.1 Å². The predicted molar refractivity (Wildman–Crippen MR) is 65.4 cm³/mol. The average molecular weight is 250 g/mol. The van der Waals surface area contributed by atoms with Crippen LogP contribution >= 0.6 is 0 Å². The molecule has 2 rings (SSSR count). The molecule has 2 aromatic rings. The number of hydrogen-bond donors (Lipinski definition) is 2. The third kappa shape index (κ3) is 2.31. The highest BCUT2D eigenvalue weighted by molar-refractivity contribution is 5.59. The van der Waals surface area contributed by atoms with Crippen LogP contribution in [-0.2, 0) is 13.5 Å². The molecule has 0 amide bonds. The van der Waals surface area contributed by atoms with Crippen molar-refractivity contribution < 1.29 is 4.92 Å². The highest BCUT2D eigenvalue weighted by atomic mass is 16.6. The van der Waals surface area contributed by atoms with Crippen LogP contribution in [0.3, 0.4) is 0 Å². The number of nitrogens with zero attached hydrogens (tertiary/aromatic N) is 4. The highest BCUT2D eigenvalue weighted by Gasteiger charge is 2.23. The minimum absolute atomic E-state index is 0.0297. The second kappa shape index (κ2) is 4.86. The minimum Gasteiger partial charge on any atom is -0.364 e. The molecule has 0 unspecified atom stereocenters. The molecule has 2 N–H and O–H groups in total. The number of aromatic amines is 1. The molecule has 0 saturated carbocycles. The van der Waals surface area contributed by atoms with E-state index in [2.05, 4.69) is 20.4 Å². The number of hydrogen-bond acceptors (Lipinski definition) is 5. The van der Waals surface area contributed by atoms with Crippen LogP contribution in [0.4, 0.5) is 11.5 Å². The maximum Gasteiger partial charge on any atom is 0.333 e. The second-order valence-corrected chi connectivity index (χ2v) is 3.92. The molecule has 0 aromatic carbocycles. The number of nitrogens with one attached hydrogen (secondary N) is 2. The molecule has 18 heavy (non-hydrogen) atoms. The van der Waals surface area contributed by atoms with Crippen molar-refractivity contribution in [3.63, 3.8) is 0 Å². The normalized spacial score (nSPS) is 10.6. The first kappa shape index (κ1) is 12.1. The van der Waals surface area contributed by atoms with E-state index < -0.39 is 4.92 Å². The van der Waals surface area contributed by atoms with Crippen LogP contribution in [0.15, 0.2) is 12.5 Å². The Hall–Kier alpha value is -2.38. The van der Waals surface area contributed by atoms with E-state index in [9.17, 15) is 10.1 Å². The van der Waals surface area contributed by atoms with Gasteiger partial charge in [0.05, 0.1) is 11.3 Å². The van der Waals surface area contributed by atoms with Gasteiger partial charge < -0.3 is 10.3 Å². The van der Waals surface area contributed by atoms with E-state index in [1.807, 2.05) is 0 Å². The Labute approximate surface area is 103 Å². The standard InChI is InChI=1S/C10H14N6O2/c1-7-9(16(17)18)10(15(2)14-7)12-4-3-8-5-11-6-13-8/h5-6,12H,3-4H2,1-2H3,(H,11,13). The monoisotopic (exact) mass is 250 g/mol. The van der Waals surface area contributed by atoms with Crippen molar-refractivity contribution in [1.29, 1.82) is 0 Å². The molecule has 2 heterocycles. The number of H-pyrrole nitrogens is 1. The number of aryl methyl sites for hydroxylation is 2. The van der Waals surface area contributed by atoms with Crippen LogP contribution in [0.1, 0.15) is 11.4 Å². The van der Waals surface area contributed by atoms with Gasteiger partial charge in [0.1, 0.15) is 5.69 Å². The zero-order chi connectivity index (χ0) is 13.1. The first-order valence-corrected chi connectivity index (χ1v) is 5.48. The third-order valence-electron chi connectivity index (χ3n) is 2.61. The summed E-state index contributed by atoms with van der Waals surface area (Å²) in [4.78, 5) is 17.4. The molecule has 96 valence electrons. The van der Waals surface area contributed by atoms with E-state index in [1.165, 1.54) is 4.68 Å². The van der Waals surface area contributed by atoms with Gasteiger partial charge in [-0.15, -0.1) is 0 Å². The highest BCUT2D eigenvalue weighted by Crippen LogP contribution is 2.26. The summed E-state index contributed by atoms with van der Waals surface area (Å²) < 4.78 is 1.49. The zero-order valence-corrected chi connectivity index (χ0v) is 10.2. The third-order valence-corrected chi connectivity index (χ3v) is 2.61. The molecule has 0 spiro atoms. The lowest BCUT2D eigenvalue weighted by Crippen LogP contribution is -2.10. The van der Waals surface area contributed by atoms with Gasteiger partial charge >= 0.3 is 5.69 Å². The number of anilines is 1. The molecule has 0 saturated heterocycles. The molecular weight excluding hydrogens is 236 g/mol. The van der Waals surface area contributed by atoms with Gasteiger partial charge in [0.15, 0.2) is 0 Å². The molecule has 8 heteroatoms. The summed E-state index contributed by atoms with van der Waals surface area (Å²) in [5, 5.41) is 18.0. The largest absolute Gasteiger partial charge is 0.364 e. The van der Waals surface area contributed by atoms with Crippen LogP contribution in [0.2, 0.25) is 0 Å². The SMILES string of the molecule is Cc1nn(C)c(NCCc2cnc[nH]2)c1[N+](=O)[O-]. The molecule has 0 aliphatic rings. The Morgan fingerprint density at radius 2 is 2.39 bits per heavy atom. The van der Waals surface area contributed by atoms with Crippen LogP contribution < -0.4 is 5.32 Å². The van der Waals surface area contributed by atoms with E-state index in [-0.39, 0.29) is 5.69 Å². The van der Waals surface area contributed by atoms with Gasteiger partial charge in [-0.1, -0.05) is 0 Å². The molecule has 8 nitrogen and oxygen atoms in total. The fourth-order valence-corrected chi connectivity index (χ4v) is 1.80. The van der Waals surface area contributed by atoms with E-state index in [4.69, 9.17) is 0 Å². The van der Waals surface area contributed by atoms with Crippen molar-refractivity contribution >= 4 is 11.5 Å². The molecule has 0 fully saturated rings.